The summed E-state index contributed by atoms with van der Waals surface area (Å²) in [5, 5.41) is 0. The monoisotopic (exact) mass is 278 g/mol. The zero-order valence-electron chi connectivity index (χ0n) is 11.1. The van der Waals surface area contributed by atoms with Gasteiger partial charge in [0.15, 0.2) is 6.29 Å². The lowest BCUT2D eigenvalue weighted by molar-refractivity contribution is -0.0907. The predicted octanol–water partition coefficient (Wildman–Crippen LogP) is 1.18. The minimum Gasteiger partial charge on any atom is -0.442 e. The normalized spacial score (nSPS) is 28.1. The molecule has 1 aromatic rings. The number of hydrazine groups is 1. The van der Waals surface area contributed by atoms with Crippen molar-refractivity contribution in [1.82, 2.24) is 10.9 Å². The van der Waals surface area contributed by atoms with Crippen LogP contribution in [0.2, 0.25) is 0 Å². The average molecular weight is 278 g/mol. The van der Waals surface area contributed by atoms with Crippen LogP contribution >= 0.6 is 0 Å². The Balaban J connectivity index is 1.39. The van der Waals surface area contributed by atoms with Crippen molar-refractivity contribution in [2.45, 2.75) is 25.4 Å². The van der Waals surface area contributed by atoms with Crippen LogP contribution in [0, 0.1) is 5.92 Å². The zero-order chi connectivity index (χ0) is 13.8. The molecule has 0 radical (unpaired) electrons. The minimum atomic E-state index is -0.484. The standard InChI is InChI=1S/C14H18N2O4/c17-14(16-15-8-10-4-2-1-3-5-10)20-12-9-19-13-11(12)6-7-18-13/h1-5,11-13,15H,6-9H2,(H,16,17)/t11-,12-,13+/m0/s1. The lowest BCUT2D eigenvalue weighted by Gasteiger charge is -2.16. The van der Waals surface area contributed by atoms with E-state index in [9.17, 15) is 4.79 Å². The molecule has 0 aromatic heterocycles. The SMILES string of the molecule is O=C(NNCc1ccccc1)O[C@H]1CO[C@H]2OCC[C@H]21. The first-order valence-electron chi connectivity index (χ1n) is 6.79. The van der Waals surface area contributed by atoms with Crippen LogP contribution in [0.5, 0.6) is 0 Å². The molecule has 108 valence electrons. The third-order valence-corrected chi connectivity index (χ3v) is 3.57. The molecule has 2 heterocycles. The van der Waals surface area contributed by atoms with Crippen LogP contribution in [0.25, 0.3) is 0 Å². The summed E-state index contributed by atoms with van der Waals surface area (Å²) in [6.45, 7) is 1.62. The van der Waals surface area contributed by atoms with Crippen LogP contribution in [0.4, 0.5) is 4.79 Å². The number of hydrogen-bond donors (Lipinski definition) is 2. The number of carbonyl (C=O) groups is 1. The van der Waals surface area contributed by atoms with E-state index in [1.807, 2.05) is 30.3 Å². The molecule has 0 unspecified atom stereocenters. The smallest absolute Gasteiger partial charge is 0.421 e. The lowest BCUT2D eigenvalue weighted by atomic mass is 10.0. The van der Waals surface area contributed by atoms with E-state index in [1.165, 1.54) is 0 Å². The van der Waals surface area contributed by atoms with Gasteiger partial charge in [0.1, 0.15) is 6.10 Å². The van der Waals surface area contributed by atoms with Crippen molar-refractivity contribution < 1.29 is 19.0 Å². The molecule has 2 aliphatic rings. The number of ether oxygens (including phenoxy) is 3. The Bertz CT molecular complexity index is 454. The molecule has 20 heavy (non-hydrogen) atoms. The Morgan fingerprint density at radius 2 is 2.15 bits per heavy atom. The molecule has 3 atom stereocenters. The number of rotatable bonds is 4. The van der Waals surface area contributed by atoms with Gasteiger partial charge in [0.05, 0.1) is 19.1 Å². The number of carbonyl (C=O) groups excluding carboxylic acids is 1. The van der Waals surface area contributed by atoms with Gasteiger partial charge >= 0.3 is 6.09 Å². The first-order valence-corrected chi connectivity index (χ1v) is 6.79. The summed E-state index contributed by atoms with van der Waals surface area (Å²) >= 11 is 0. The first-order chi connectivity index (χ1) is 9.83. The maximum atomic E-state index is 11.7. The van der Waals surface area contributed by atoms with E-state index in [0.717, 1.165) is 12.0 Å². The van der Waals surface area contributed by atoms with Gasteiger partial charge in [-0.3, -0.25) is 5.43 Å². The molecule has 3 rings (SSSR count). The highest BCUT2D eigenvalue weighted by atomic mass is 16.7. The van der Waals surface area contributed by atoms with E-state index >= 15 is 0 Å². The molecule has 0 aliphatic carbocycles. The molecule has 0 bridgehead atoms. The van der Waals surface area contributed by atoms with Gasteiger partial charge in [0, 0.05) is 6.54 Å². The van der Waals surface area contributed by atoms with Gasteiger partial charge in [-0.1, -0.05) is 30.3 Å². The summed E-state index contributed by atoms with van der Waals surface area (Å²) in [5.41, 5.74) is 6.45. The third kappa shape index (κ3) is 3.09. The Kier molecular flexibility index (Phi) is 4.15. The van der Waals surface area contributed by atoms with Gasteiger partial charge in [-0.05, 0) is 12.0 Å². The highest BCUT2D eigenvalue weighted by Gasteiger charge is 2.43. The van der Waals surface area contributed by atoms with Crippen molar-refractivity contribution in [3.8, 4) is 0 Å². The van der Waals surface area contributed by atoms with E-state index in [-0.39, 0.29) is 18.3 Å². The van der Waals surface area contributed by atoms with E-state index in [4.69, 9.17) is 14.2 Å². The Morgan fingerprint density at radius 1 is 1.30 bits per heavy atom. The van der Waals surface area contributed by atoms with Gasteiger partial charge in [0.2, 0.25) is 0 Å². The number of fused-ring (bicyclic) bond motifs is 1. The van der Waals surface area contributed by atoms with Gasteiger partial charge in [-0.15, -0.1) is 0 Å². The van der Waals surface area contributed by atoms with Gasteiger partial charge < -0.3 is 14.2 Å². The van der Waals surface area contributed by atoms with Gasteiger partial charge in [-0.2, -0.15) is 0 Å². The molecule has 2 aliphatic heterocycles. The van der Waals surface area contributed by atoms with Crippen molar-refractivity contribution in [1.29, 1.82) is 0 Å². The van der Waals surface area contributed by atoms with E-state index < -0.39 is 6.09 Å². The molecule has 6 heteroatoms. The van der Waals surface area contributed by atoms with Gasteiger partial charge in [0.25, 0.3) is 0 Å². The van der Waals surface area contributed by atoms with Gasteiger partial charge in [-0.25, -0.2) is 10.2 Å². The van der Waals surface area contributed by atoms with Crippen molar-refractivity contribution in [2.24, 2.45) is 5.92 Å². The molecule has 2 fully saturated rings. The largest absolute Gasteiger partial charge is 0.442 e. The van der Waals surface area contributed by atoms with Crippen LogP contribution < -0.4 is 10.9 Å². The Morgan fingerprint density at radius 3 is 3.00 bits per heavy atom. The minimum absolute atomic E-state index is 0.162. The second kappa shape index (κ2) is 6.21. The highest BCUT2D eigenvalue weighted by Crippen LogP contribution is 2.32. The quantitative estimate of drug-likeness (QED) is 0.809. The van der Waals surface area contributed by atoms with E-state index in [2.05, 4.69) is 10.9 Å². The molecule has 1 amide bonds. The molecule has 0 saturated carbocycles. The number of benzene rings is 1. The molecule has 0 spiro atoms. The Hall–Kier alpha value is -1.63. The molecular formula is C14H18N2O4. The van der Waals surface area contributed by atoms with Crippen LogP contribution in [0.3, 0.4) is 0 Å². The topological polar surface area (TPSA) is 68.8 Å². The molecular weight excluding hydrogens is 260 g/mol. The summed E-state index contributed by atoms with van der Waals surface area (Å²) in [5.74, 6) is 0.162. The van der Waals surface area contributed by atoms with Crippen LogP contribution in [-0.2, 0) is 20.8 Å². The van der Waals surface area contributed by atoms with E-state index in [0.29, 0.717) is 19.8 Å². The van der Waals surface area contributed by atoms with Crippen LogP contribution in [0.1, 0.15) is 12.0 Å². The summed E-state index contributed by atoms with van der Waals surface area (Å²) in [6, 6.07) is 9.80. The summed E-state index contributed by atoms with van der Waals surface area (Å²) in [6.07, 6.45) is -0.0340. The van der Waals surface area contributed by atoms with Crippen molar-refractivity contribution in [3.63, 3.8) is 0 Å². The molecule has 2 N–H and O–H groups in total. The third-order valence-electron chi connectivity index (χ3n) is 3.57. The van der Waals surface area contributed by atoms with Crippen LogP contribution in [-0.4, -0.2) is 31.7 Å². The highest BCUT2D eigenvalue weighted by molar-refractivity contribution is 5.66. The fraction of sp³-hybridized carbons (Fsp3) is 0.500. The molecule has 6 nitrogen and oxygen atoms in total. The van der Waals surface area contributed by atoms with Crippen molar-refractivity contribution in [3.05, 3.63) is 35.9 Å². The lowest BCUT2D eigenvalue weighted by Crippen LogP contribution is -2.40. The Labute approximate surface area is 117 Å². The average Bonchev–Trinajstić information content (AvgIpc) is 3.05. The summed E-state index contributed by atoms with van der Waals surface area (Å²) < 4.78 is 16.1. The van der Waals surface area contributed by atoms with Crippen molar-refractivity contribution in [2.75, 3.05) is 13.2 Å². The molecule has 2 saturated heterocycles. The fourth-order valence-corrected chi connectivity index (χ4v) is 2.53. The number of nitrogens with one attached hydrogen (secondary N) is 2. The number of amides is 1. The maximum absolute atomic E-state index is 11.7. The predicted molar refractivity (Wildman–Crippen MR) is 70.5 cm³/mol. The zero-order valence-corrected chi connectivity index (χ0v) is 11.1. The second-order valence-electron chi connectivity index (χ2n) is 4.93. The first kappa shape index (κ1) is 13.4. The maximum Gasteiger partial charge on any atom is 0.421 e. The van der Waals surface area contributed by atoms with Crippen LogP contribution in [0.15, 0.2) is 30.3 Å². The molecule has 1 aromatic carbocycles. The summed E-state index contributed by atoms with van der Waals surface area (Å²) in [7, 11) is 0. The van der Waals surface area contributed by atoms with Crippen molar-refractivity contribution >= 4 is 6.09 Å². The fourth-order valence-electron chi connectivity index (χ4n) is 2.53. The van der Waals surface area contributed by atoms with E-state index in [1.54, 1.807) is 0 Å². The number of hydrogen-bond acceptors (Lipinski definition) is 5. The summed E-state index contributed by atoms with van der Waals surface area (Å²) in [4.78, 5) is 11.7. The second-order valence-corrected chi connectivity index (χ2v) is 4.93.